The first kappa shape index (κ1) is 27.7. The molecule has 0 aliphatic carbocycles. The molecule has 0 aliphatic heterocycles. The summed E-state index contributed by atoms with van der Waals surface area (Å²) in [7, 11) is 1.63. The van der Waals surface area contributed by atoms with Gasteiger partial charge in [-0.25, -0.2) is 4.98 Å². The second-order valence-electron chi connectivity index (χ2n) is 9.50. The predicted molar refractivity (Wildman–Crippen MR) is 158 cm³/mol. The molecular formula is C32H31ClN2O5. The largest absolute Gasteiger partial charge is 0.497 e. The number of aromatic nitrogens is 1. The average Bonchev–Trinajstić information content (AvgIpc) is 2.99. The molecule has 0 unspecified atom stereocenters. The molecule has 0 spiro atoms. The molecular weight excluding hydrogens is 528 g/mol. The van der Waals surface area contributed by atoms with Gasteiger partial charge in [-0.3, -0.25) is 0 Å². The van der Waals surface area contributed by atoms with Gasteiger partial charge in [0.2, 0.25) is 0 Å². The summed E-state index contributed by atoms with van der Waals surface area (Å²) in [4.78, 5) is 4.75. The summed E-state index contributed by atoms with van der Waals surface area (Å²) in [6.45, 7) is 0.399. The van der Waals surface area contributed by atoms with Crippen molar-refractivity contribution in [3.05, 3.63) is 102 Å². The fourth-order valence-corrected chi connectivity index (χ4v) is 4.63. The minimum Gasteiger partial charge on any atom is -0.497 e. The fraction of sp³-hybridized carbons (Fsp3) is 0.219. The van der Waals surface area contributed by atoms with E-state index in [0.29, 0.717) is 41.0 Å². The van der Waals surface area contributed by atoms with Gasteiger partial charge in [0.05, 0.1) is 24.8 Å². The SMILES string of the molecule is COc1ccc2nc3cc(Cl)ccc3c(Oc3ccc(C[C@@H](CO)NC[C@H](O)COc4ccccc4)cc3)c2c1. The third kappa shape index (κ3) is 6.81. The first-order chi connectivity index (χ1) is 19.5. The fourth-order valence-electron chi connectivity index (χ4n) is 4.46. The van der Waals surface area contributed by atoms with Crippen molar-refractivity contribution in [1.29, 1.82) is 0 Å². The molecule has 1 aromatic heterocycles. The van der Waals surface area contributed by atoms with E-state index >= 15 is 0 Å². The van der Waals surface area contributed by atoms with Crippen molar-refractivity contribution in [3.63, 3.8) is 0 Å². The maximum atomic E-state index is 10.3. The molecule has 0 saturated carbocycles. The molecule has 7 nitrogen and oxygen atoms in total. The van der Waals surface area contributed by atoms with Gasteiger partial charge in [0.15, 0.2) is 0 Å². The van der Waals surface area contributed by atoms with Crippen molar-refractivity contribution in [1.82, 2.24) is 10.3 Å². The molecule has 40 heavy (non-hydrogen) atoms. The standard InChI is InChI=1S/C32H31ClN2O5/c1-38-27-12-14-30-29(17-27)32(28-13-9-22(33)16-31(28)35-30)40-26-10-7-21(8-11-26)15-23(19-36)34-18-24(37)20-39-25-5-3-2-4-6-25/h2-14,16-17,23-24,34,36-37H,15,18-20H2,1H3/t23-,24-/m0/s1. The number of halogens is 1. The van der Waals surface area contributed by atoms with E-state index < -0.39 is 6.10 Å². The quantitative estimate of drug-likeness (QED) is 0.167. The molecule has 0 fully saturated rings. The number of nitrogens with zero attached hydrogens (tertiary/aromatic N) is 1. The number of benzene rings is 4. The predicted octanol–water partition coefficient (Wildman–Crippen LogP) is 5.78. The van der Waals surface area contributed by atoms with Crippen LogP contribution in [0.4, 0.5) is 0 Å². The number of aliphatic hydroxyl groups excluding tert-OH is 2. The van der Waals surface area contributed by atoms with E-state index in [-0.39, 0.29) is 19.3 Å². The normalized spacial score (nSPS) is 12.8. The zero-order valence-electron chi connectivity index (χ0n) is 22.1. The summed E-state index contributed by atoms with van der Waals surface area (Å²) in [5, 5.41) is 25.7. The Kier molecular flexibility index (Phi) is 8.98. The summed E-state index contributed by atoms with van der Waals surface area (Å²) in [5.74, 6) is 2.75. The number of pyridine rings is 1. The third-order valence-electron chi connectivity index (χ3n) is 6.57. The van der Waals surface area contributed by atoms with Crippen molar-refractivity contribution in [2.45, 2.75) is 18.6 Å². The third-order valence-corrected chi connectivity index (χ3v) is 6.80. The van der Waals surface area contributed by atoms with E-state index in [1.54, 1.807) is 7.11 Å². The zero-order valence-corrected chi connectivity index (χ0v) is 22.8. The summed E-state index contributed by atoms with van der Waals surface area (Å²) >= 11 is 6.24. The van der Waals surface area contributed by atoms with Gasteiger partial charge in [-0.1, -0.05) is 41.9 Å². The molecule has 206 valence electrons. The highest BCUT2D eigenvalue weighted by Gasteiger charge is 2.15. The number of fused-ring (bicyclic) bond motifs is 2. The van der Waals surface area contributed by atoms with Crippen LogP contribution in [-0.4, -0.2) is 54.2 Å². The molecule has 2 atom stereocenters. The Bertz CT molecular complexity index is 1560. The van der Waals surface area contributed by atoms with Crippen LogP contribution in [0.5, 0.6) is 23.0 Å². The zero-order chi connectivity index (χ0) is 27.9. The number of ether oxygens (including phenoxy) is 3. The number of aliphatic hydroxyl groups is 2. The van der Waals surface area contributed by atoms with Gasteiger partial charge < -0.3 is 29.7 Å². The lowest BCUT2D eigenvalue weighted by molar-refractivity contribution is 0.0997. The second-order valence-corrected chi connectivity index (χ2v) is 9.94. The summed E-state index contributed by atoms with van der Waals surface area (Å²) in [5.41, 5.74) is 2.53. The number of hydrogen-bond acceptors (Lipinski definition) is 7. The summed E-state index contributed by atoms with van der Waals surface area (Å²) in [6.07, 6.45) is -0.122. The van der Waals surface area contributed by atoms with Crippen LogP contribution >= 0.6 is 11.6 Å². The van der Waals surface area contributed by atoms with Gasteiger partial charge in [0.1, 0.15) is 35.7 Å². The van der Waals surface area contributed by atoms with Crippen LogP contribution in [0, 0.1) is 0 Å². The van der Waals surface area contributed by atoms with Crippen molar-refractivity contribution in [3.8, 4) is 23.0 Å². The number of para-hydroxylation sites is 1. The van der Waals surface area contributed by atoms with Crippen LogP contribution in [0.3, 0.4) is 0 Å². The van der Waals surface area contributed by atoms with E-state index in [4.69, 9.17) is 30.8 Å². The van der Waals surface area contributed by atoms with Gasteiger partial charge in [-0.05, 0) is 72.6 Å². The smallest absolute Gasteiger partial charge is 0.146 e. The molecule has 8 heteroatoms. The summed E-state index contributed by atoms with van der Waals surface area (Å²) < 4.78 is 17.5. The van der Waals surface area contributed by atoms with Crippen LogP contribution in [0.25, 0.3) is 21.8 Å². The Morgan fingerprint density at radius 3 is 2.38 bits per heavy atom. The summed E-state index contributed by atoms with van der Waals surface area (Å²) in [6, 6.07) is 28.1. The van der Waals surface area contributed by atoms with Crippen LogP contribution in [0.2, 0.25) is 5.02 Å². The minimum atomic E-state index is -0.705. The molecule has 5 rings (SSSR count). The molecule has 1 heterocycles. The van der Waals surface area contributed by atoms with Gasteiger partial charge >= 0.3 is 0 Å². The van der Waals surface area contributed by atoms with Gasteiger partial charge in [0.25, 0.3) is 0 Å². The van der Waals surface area contributed by atoms with Crippen LogP contribution < -0.4 is 19.5 Å². The molecule has 5 aromatic rings. The van der Waals surface area contributed by atoms with E-state index in [9.17, 15) is 10.2 Å². The van der Waals surface area contributed by atoms with E-state index in [2.05, 4.69) is 5.32 Å². The molecule has 0 bridgehead atoms. The molecule has 4 aromatic carbocycles. The first-order valence-electron chi connectivity index (χ1n) is 13.1. The van der Waals surface area contributed by atoms with E-state index in [1.807, 2.05) is 91.0 Å². The molecule has 3 N–H and O–H groups in total. The molecule has 0 radical (unpaired) electrons. The Balaban J connectivity index is 1.26. The lowest BCUT2D eigenvalue weighted by atomic mass is 10.1. The van der Waals surface area contributed by atoms with Crippen LogP contribution in [0.1, 0.15) is 5.56 Å². The lowest BCUT2D eigenvalue weighted by Gasteiger charge is -2.19. The Morgan fingerprint density at radius 1 is 0.850 bits per heavy atom. The maximum Gasteiger partial charge on any atom is 0.146 e. The van der Waals surface area contributed by atoms with Crippen molar-refractivity contribution in [2.24, 2.45) is 0 Å². The van der Waals surface area contributed by atoms with E-state index in [1.165, 1.54) is 0 Å². The van der Waals surface area contributed by atoms with Crippen molar-refractivity contribution < 1.29 is 24.4 Å². The Labute approximate surface area is 237 Å². The van der Waals surface area contributed by atoms with Gasteiger partial charge in [-0.15, -0.1) is 0 Å². The minimum absolute atomic E-state index is 0.0656. The number of hydrogen-bond donors (Lipinski definition) is 3. The topological polar surface area (TPSA) is 93.1 Å². The van der Waals surface area contributed by atoms with Gasteiger partial charge in [0, 0.05) is 28.4 Å². The second kappa shape index (κ2) is 13.0. The Morgan fingerprint density at radius 2 is 1.62 bits per heavy atom. The first-order valence-corrected chi connectivity index (χ1v) is 13.4. The van der Waals surface area contributed by atoms with E-state index in [0.717, 1.165) is 27.4 Å². The Hall–Kier alpha value is -3.88. The monoisotopic (exact) mass is 558 g/mol. The molecule has 0 amide bonds. The van der Waals surface area contributed by atoms with Crippen LogP contribution in [-0.2, 0) is 6.42 Å². The van der Waals surface area contributed by atoms with Gasteiger partial charge in [-0.2, -0.15) is 0 Å². The maximum absolute atomic E-state index is 10.3. The highest BCUT2D eigenvalue weighted by atomic mass is 35.5. The number of rotatable bonds is 12. The number of methoxy groups -OCH3 is 1. The lowest BCUT2D eigenvalue weighted by Crippen LogP contribution is -2.41. The highest BCUT2D eigenvalue weighted by molar-refractivity contribution is 6.31. The van der Waals surface area contributed by atoms with Crippen molar-refractivity contribution in [2.75, 3.05) is 26.9 Å². The highest BCUT2D eigenvalue weighted by Crippen LogP contribution is 2.38. The molecule has 0 aliphatic rings. The van der Waals surface area contributed by atoms with Crippen LogP contribution in [0.15, 0.2) is 91.0 Å². The number of nitrogens with one attached hydrogen (secondary N) is 1. The molecule has 0 saturated heterocycles. The average molecular weight is 559 g/mol. The van der Waals surface area contributed by atoms with Crippen molar-refractivity contribution >= 4 is 33.4 Å².